The highest BCUT2D eigenvalue weighted by molar-refractivity contribution is 8.00. The fourth-order valence-electron chi connectivity index (χ4n) is 3.12. The minimum atomic E-state index is 0.217. The summed E-state index contributed by atoms with van der Waals surface area (Å²) in [5.41, 5.74) is 1.21. The number of thioether (sulfide) groups is 1. The van der Waals surface area contributed by atoms with Gasteiger partial charge in [-0.15, -0.1) is 0 Å². The molecule has 120 valence electrons. The lowest BCUT2D eigenvalue weighted by atomic mass is 9.92. The summed E-state index contributed by atoms with van der Waals surface area (Å²) >= 11 is 2.08. The average molecular weight is 311 g/mol. The zero-order valence-corrected chi connectivity index (χ0v) is 14.8. The average Bonchev–Trinajstić information content (AvgIpc) is 3.06. The molecule has 2 unspecified atom stereocenters. The number of nitrogens with zero attached hydrogens (tertiary/aromatic N) is 2. The predicted molar refractivity (Wildman–Crippen MR) is 90.3 cm³/mol. The number of rotatable bonds is 7. The Kier molecular flexibility index (Phi) is 5.60. The first-order chi connectivity index (χ1) is 10.0. The van der Waals surface area contributed by atoms with Crippen molar-refractivity contribution in [2.45, 2.75) is 63.8 Å². The maximum atomic E-state index is 5.61. The fraction of sp³-hybridized carbons (Fsp3) is 0.812. The van der Waals surface area contributed by atoms with Crippen LogP contribution in [-0.2, 0) is 0 Å². The first-order valence-corrected chi connectivity index (χ1v) is 9.00. The molecule has 0 bridgehead atoms. The summed E-state index contributed by atoms with van der Waals surface area (Å²) in [4.78, 5) is 0. The van der Waals surface area contributed by atoms with E-state index in [2.05, 4.69) is 54.6 Å². The Labute approximate surface area is 133 Å². The smallest absolute Gasteiger partial charge is 0.161 e. The van der Waals surface area contributed by atoms with Gasteiger partial charge in [-0.3, -0.25) is 4.68 Å². The molecule has 0 spiro atoms. The minimum absolute atomic E-state index is 0.217. The van der Waals surface area contributed by atoms with Gasteiger partial charge < -0.3 is 10.1 Å². The Morgan fingerprint density at radius 3 is 2.81 bits per heavy atom. The van der Waals surface area contributed by atoms with Crippen LogP contribution in [0, 0.1) is 0 Å². The molecule has 1 aromatic heterocycles. The molecule has 0 saturated carbocycles. The lowest BCUT2D eigenvalue weighted by Crippen LogP contribution is -2.39. The highest BCUT2D eigenvalue weighted by atomic mass is 32.2. The molecular weight excluding hydrogens is 282 g/mol. The number of hydrogen-bond acceptors (Lipinski definition) is 4. The molecule has 1 fully saturated rings. The van der Waals surface area contributed by atoms with E-state index in [1.807, 2.05) is 6.20 Å². The van der Waals surface area contributed by atoms with E-state index in [9.17, 15) is 0 Å². The zero-order valence-electron chi connectivity index (χ0n) is 14.0. The number of ether oxygens (including phenoxy) is 1. The van der Waals surface area contributed by atoms with E-state index < -0.39 is 0 Å². The lowest BCUT2D eigenvalue weighted by Gasteiger charge is -2.35. The Hall–Kier alpha value is -0.680. The number of hydrogen-bond donors (Lipinski definition) is 1. The molecule has 1 aliphatic heterocycles. The van der Waals surface area contributed by atoms with Gasteiger partial charge in [-0.1, -0.05) is 6.92 Å². The van der Waals surface area contributed by atoms with Crippen LogP contribution in [0.5, 0.6) is 5.75 Å². The topological polar surface area (TPSA) is 39.1 Å². The molecule has 0 radical (unpaired) electrons. The van der Waals surface area contributed by atoms with Gasteiger partial charge in [0.2, 0.25) is 0 Å². The van der Waals surface area contributed by atoms with Gasteiger partial charge in [-0.2, -0.15) is 16.9 Å². The van der Waals surface area contributed by atoms with Crippen molar-refractivity contribution in [2.75, 3.05) is 19.4 Å². The second kappa shape index (κ2) is 7.05. The Morgan fingerprint density at radius 2 is 2.29 bits per heavy atom. The van der Waals surface area contributed by atoms with E-state index in [0.717, 1.165) is 18.7 Å². The van der Waals surface area contributed by atoms with E-state index in [1.165, 1.54) is 24.3 Å². The Bertz CT molecular complexity index is 452. The molecule has 1 aromatic rings. The maximum absolute atomic E-state index is 5.61. The van der Waals surface area contributed by atoms with Crippen molar-refractivity contribution in [1.29, 1.82) is 0 Å². The normalized spacial score (nSPS) is 23.7. The van der Waals surface area contributed by atoms with Gasteiger partial charge in [0, 0.05) is 10.8 Å². The molecule has 5 heteroatoms. The van der Waals surface area contributed by atoms with Crippen LogP contribution in [0.15, 0.2) is 6.20 Å². The molecule has 1 N–H and O–H groups in total. The van der Waals surface area contributed by atoms with Crippen molar-refractivity contribution in [2.24, 2.45) is 0 Å². The molecule has 4 nitrogen and oxygen atoms in total. The SMILES string of the molecule is CCCNC(c1c(OC)cnn1C(C)C)C1(C)CCCS1. The quantitative estimate of drug-likeness (QED) is 0.831. The summed E-state index contributed by atoms with van der Waals surface area (Å²) in [5.74, 6) is 2.16. The van der Waals surface area contributed by atoms with E-state index in [1.54, 1.807) is 7.11 Å². The molecule has 2 rings (SSSR count). The maximum Gasteiger partial charge on any atom is 0.161 e. The van der Waals surface area contributed by atoms with E-state index in [4.69, 9.17) is 4.74 Å². The first kappa shape index (κ1) is 16.7. The summed E-state index contributed by atoms with van der Waals surface area (Å²) in [5, 5.41) is 8.32. The molecule has 21 heavy (non-hydrogen) atoms. The highest BCUT2D eigenvalue weighted by Gasteiger charge is 2.41. The number of methoxy groups -OCH3 is 1. The van der Waals surface area contributed by atoms with Crippen LogP contribution in [0.3, 0.4) is 0 Å². The van der Waals surface area contributed by atoms with Crippen molar-refractivity contribution < 1.29 is 4.74 Å². The molecular formula is C16H29N3OS. The highest BCUT2D eigenvalue weighted by Crippen LogP contribution is 2.48. The molecule has 2 heterocycles. The van der Waals surface area contributed by atoms with Gasteiger partial charge in [-0.05, 0) is 52.3 Å². The van der Waals surface area contributed by atoms with Gasteiger partial charge >= 0.3 is 0 Å². The van der Waals surface area contributed by atoms with Crippen molar-refractivity contribution in [3.8, 4) is 5.75 Å². The number of nitrogens with one attached hydrogen (secondary N) is 1. The molecule has 0 aliphatic carbocycles. The van der Waals surface area contributed by atoms with Crippen LogP contribution < -0.4 is 10.1 Å². The second-order valence-corrected chi connectivity index (χ2v) is 7.92. The van der Waals surface area contributed by atoms with Gasteiger partial charge in [0.05, 0.1) is 25.0 Å². The molecule has 0 aromatic carbocycles. The Balaban J connectivity index is 2.42. The van der Waals surface area contributed by atoms with Crippen LogP contribution in [0.2, 0.25) is 0 Å². The third-order valence-electron chi connectivity index (χ3n) is 4.24. The van der Waals surface area contributed by atoms with Crippen LogP contribution in [0.1, 0.15) is 64.7 Å². The predicted octanol–water partition coefficient (Wildman–Crippen LogP) is 3.80. The summed E-state index contributed by atoms with van der Waals surface area (Å²) in [6.07, 6.45) is 5.53. The third-order valence-corrected chi connectivity index (χ3v) is 5.83. The molecule has 0 amide bonds. The summed E-state index contributed by atoms with van der Waals surface area (Å²) in [6.45, 7) is 9.97. The van der Waals surface area contributed by atoms with Gasteiger partial charge in [0.15, 0.2) is 5.75 Å². The van der Waals surface area contributed by atoms with Gasteiger partial charge in [0.1, 0.15) is 0 Å². The third kappa shape index (κ3) is 3.39. The standard InChI is InChI=1S/C16H29N3OS/c1-6-9-17-15(16(4)8-7-10-21-16)14-13(20-5)11-18-19(14)12(2)3/h11-12,15,17H,6-10H2,1-5H3. The van der Waals surface area contributed by atoms with E-state index in [-0.39, 0.29) is 10.8 Å². The Morgan fingerprint density at radius 1 is 1.52 bits per heavy atom. The lowest BCUT2D eigenvalue weighted by molar-refractivity contribution is 0.347. The van der Waals surface area contributed by atoms with Crippen molar-refractivity contribution in [1.82, 2.24) is 15.1 Å². The minimum Gasteiger partial charge on any atom is -0.493 e. The summed E-state index contributed by atoms with van der Waals surface area (Å²) < 4.78 is 7.95. The van der Waals surface area contributed by atoms with Crippen molar-refractivity contribution in [3.05, 3.63) is 11.9 Å². The second-order valence-electron chi connectivity index (χ2n) is 6.29. The van der Waals surface area contributed by atoms with Gasteiger partial charge in [0.25, 0.3) is 0 Å². The van der Waals surface area contributed by atoms with Crippen LogP contribution in [0.4, 0.5) is 0 Å². The first-order valence-electron chi connectivity index (χ1n) is 8.02. The van der Waals surface area contributed by atoms with Crippen molar-refractivity contribution >= 4 is 11.8 Å². The molecule has 1 saturated heterocycles. The summed E-state index contributed by atoms with van der Waals surface area (Å²) in [7, 11) is 1.74. The van der Waals surface area contributed by atoms with Crippen LogP contribution in [-0.4, -0.2) is 33.9 Å². The number of aromatic nitrogens is 2. The van der Waals surface area contributed by atoms with Crippen molar-refractivity contribution in [3.63, 3.8) is 0 Å². The molecule has 2 atom stereocenters. The van der Waals surface area contributed by atoms with E-state index in [0.29, 0.717) is 6.04 Å². The molecule has 1 aliphatic rings. The summed E-state index contributed by atoms with van der Waals surface area (Å²) in [6, 6.07) is 0.620. The zero-order chi connectivity index (χ0) is 15.5. The fourth-order valence-corrected chi connectivity index (χ4v) is 4.52. The largest absolute Gasteiger partial charge is 0.493 e. The van der Waals surface area contributed by atoms with Crippen LogP contribution >= 0.6 is 11.8 Å². The van der Waals surface area contributed by atoms with Crippen LogP contribution in [0.25, 0.3) is 0 Å². The monoisotopic (exact) mass is 311 g/mol. The van der Waals surface area contributed by atoms with Gasteiger partial charge in [-0.25, -0.2) is 0 Å². The van der Waals surface area contributed by atoms with E-state index >= 15 is 0 Å².